The molecule has 262 valence electrons. The predicted octanol–water partition coefficient (Wildman–Crippen LogP) is 12.9. The zero-order valence-electron chi connectivity index (χ0n) is 30.5. The van der Waals surface area contributed by atoms with Gasteiger partial charge in [0.15, 0.2) is 5.82 Å². The number of para-hydroxylation sites is 3. The number of hydrogen-bond acceptors (Lipinski definition) is 3. The Kier molecular flexibility index (Phi) is 7.96. The van der Waals surface area contributed by atoms with E-state index in [1.165, 1.54) is 38.8 Å². The highest BCUT2D eigenvalue weighted by Gasteiger charge is 2.37. The first-order chi connectivity index (χ1) is 27.2. The number of fused-ring (bicyclic) bond motifs is 7. The molecule has 8 aromatic rings. The van der Waals surface area contributed by atoms with Gasteiger partial charge in [0.05, 0.1) is 28.3 Å². The minimum Gasteiger partial charge on any atom is -0.333 e. The van der Waals surface area contributed by atoms with Gasteiger partial charge in [0, 0.05) is 50.3 Å². The third-order valence-corrected chi connectivity index (χ3v) is 11.0. The van der Waals surface area contributed by atoms with Crippen molar-refractivity contribution in [3.8, 4) is 28.1 Å². The lowest BCUT2D eigenvalue weighted by molar-refractivity contribution is 0.745. The molecule has 3 heterocycles. The molecule has 0 saturated carbocycles. The smallest absolute Gasteiger partial charge is 0.160 e. The first kappa shape index (κ1) is 32.6. The summed E-state index contributed by atoms with van der Waals surface area (Å²) in [5.41, 5.74) is 13.4. The van der Waals surface area contributed by atoms with Crippen molar-refractivity contribution in [2.24, 2.45) is 0 Å². The van der Waals surface area contributed by atoms with Gasteiger partial charge in [-0.3, -0.25) is 0 Å². The van der Waals surface area contributed by atoms with E-state index in [1.54, 1.807) is 0 Å². The molecule has 2 unspecified atom stereocenters. The monoisotopic (exact) mass is 706 g/mol. The van der Waals surface area contributed by atoms with E-state index in [1.807, 2.05) is 37.3 Å². The van der Waals surface area contributed by atoms with Gasteiger partial charge in [0.1, 0.15) is 0 Å². The van der Waals surface area contributed by atoms with Gasteiger partial charge < -0.3 is 9.47 Å². The summed E-state index contributed by atoms with van der Waals surface area (Å²) < 4.78 is 2.38. The van der Waals surface area contributed by atoms with Crippen LogP contribution in [0.5, 0.6) is 0 Å². The lowest BCUT2D eigenvalue weighted by Gasteiger charge is -2.28. The second kappa shape index (κ2) is 13.4. The average Bonchev–Trinajstić information content (AvgIpc) is 3.76. The number of aromatic nitrogens is 3. The molecule has 1 aliphatic carbocycles. The molecule has 0 amide bonds. The highest BCUT2D eigenvalue weighted by Crippen LogP contribution is 2.49. The Morgan fingerprint density at radius 3 is 2.25 bits per heavy atom. The van der Waals surface area contributed by atoms with Crippen LogP contribution in [0.25, 0.3) is 66.4 Å². The van der Waals surface area contributed by atoms with Crippen molar-refractivity contribution in [1.29, 1.82) is 0 Å². The first-order valence-electron chi connectivity index (χ1n) is 18.9. The molecule has 55 heavy (non-hydrogen) atoms. The SMILES string of the molecule is C=C/C(=C\C=C/C)c1nc(-c2cccc(-n3c4ccccc4c4cc(-c5ccc6c(c5)C5C=CC=CC5N6c5ccccc5)ccc43)c2)c2ccccc2n1. The maximum atomic E-state index is 5.15. The lowest BCUT2D eigenvalue weighted by atomic mass is 9.89. The van der Waals surface area contributed by atoms with Crippen molar-refractivity contribution >= 4 is 49.7 Å². The molecule has 1 aliphatic heterocycles. The molecule has 0 saturated heterocycles. The van der Waals surface area contributed by atoms with Crippen molar-refractivity contribution in [2.45, 2.75) is 18.9 Å². The van der Waals surface area contributed by atoms with Gasteiger partial charge in [-0.25, -0.2) is 9.97 Å². The molecule has 0 bridgehead atoms. The summed E-state index contributed by atoms with van der Waals surface area (Å²) in [7, 11) is 0. The van der Waals surface area contributed by atoms with Crippen molar-refractivity contribution in [3.63, 3.8) is 0 Å². The fourth-order valence-electron chi connectivity index (χ4n) is 8.49. The first-order valence-corrected chi connectivity index (χ1v) is 18.9. The Hall–Kier alpha value is -7.04. The standard InChI is InChI=1S/C51H38N4/c1-3-5-16-34(4-2)51-52-45-24-12-9-23-42(45)50(53-51)37-17-15-20-39(31-37)55-47-26-14-11-22-41(47)44-33-36(28-30-49(44)55)35-27-29-48-43(32-35)40-21-10-13-25-46(40)54(48)38-18-7-6-8-19-38/h3-33,40,46H,2H2,1H3/b5-3-,34-16+. The fourth-order valence-corrected chi connectivity index (χ4v) is 8.49. The summed E-state index contributed by atoms with van der Waals surface area (Å²) >= 11 is 0. The van der Waals surface area contributed by atoms with Crippen LogP contribution >= 0.6 is 0 Å². The van der Waals surface area contributed by atoms with Gasteiger partial charge in [0.25, 0.3) is 0 Å². The van der Waals surface area contributed by atoms with Crippen LogP contribution in [0.4, 0.5) is 11.4 Å². The molecule has 2 aliphatic rings. The summed E-state index contributed by atoms with van der Waals surface area (Å²) in [6.07, 6.45) is 16.9. The van der Waals surface area contributed by atoms with Crippen LogP contribution in [0.2, 0.25) is 0 Å². The minimum atomic E-state index is 0.263. The van der Waals surface area contributed by atoms with Gasteiger partial charge in [-0.2, -0.15) is 0 Å². The third-order valence-electron chi connectivity index (χ3n) is 11.0. The van der Waals surface area contributed by atoms with Crippen LogP contribution in [-0.2, 0) is 0 Å². The topological polar surface area (TPSA) is 34.0 Å². The van der Waals surface area contributed by atoms with Crippen LogP contribution in [0.3, 0.4) is 0 Å². The highest BCUT2D eigenvalue weighted by molar-refractivity contribution is 6.10. The second-order valence-electron chi connectivity index (χ2n) is 14.2. The summed E-state index contributed by atoms with van der Waals surface area (Å²) in [5.74, 6) is 0.955. The summed E-state index contributed by atoms with van der Waals surface area (Å²) in [5, 5.41) is 3.46. The van der Waals surface area contributed by atoms with Gasteiger partial charge in [-0.15, -0.1) is 0 Å². The molecule has 4 heteroatoms. The quantitative estimate of drug-likeness (QED) is 0.155. The Bertz CT molecular complexity index is 2920. The largest absolute Gasteiger partial charge is 0.333 e. The molecule has 2 aromatic heterocycles. The number of nitrogens with zero attached hydrogens (tertiary/aromatic N) is 4. The maximum absolute atomic E-state index is 5.15. The van der Waals surface area contributed by atoms with Crippen molar-refractivity contribution < 1.29 is 0 Å². The maximum Gasteiger partial charge on any atom is 0.160 e. The van der Waals surface area contributed by atoms with Crippen molar-refractivity contribution in [2.75, 3.05) is 4.90 Å². The summed E-state index contributed by atoms with van der Waals surface area (Å²) in [6, 6.07) is 50.6. The van der Waals surface area contributed by atoms with E-state index in [-0.39, 0.29) is 6.04 Å². The Morgan fingerprint density at radius 1 is 0.636 bits per heavy atom. The van der Waals surface area contributed by atoms with E-state index in [9.17, 15) is 0 Å². The molecular weight excluding hydrogens is 669 g/mol. The summed E-state index contributed by atoms with van der Waals surface area (Å²) in [4.78, 5) is 12.6. The molecule has 0 spiro atoms. The lowest BCUT2D eigenvalue weighted by Crippen LogP contribution is -2.28. The molecule has 6 aromatic carbocycles. The van der Waals surface area contributed by atoms with Gasteiger partial charge in [0.2, 0.25) is 0 Å². The zero-order valence-corrected chi connectivity index (χ0v) is 30.5. The number of rotatable bonds is 7. The van der Waals surface area contributed by atoms with Crippen LogP contribution in [0.1, 0.15) is 24.2 Å². The van der Waals surface area contributed by atoms with E-state index in [0.29, 0.717) is 11.7 Å². The van der Waals surface area contributed by atoms with Crippen molar-refractivity contribution in [1.82, 2.24) is 14.5 Å². The number of allylic oxidation sites excluding steroid dienone is 7. The molecule has 4 nitrogen and oxygen atoms in total. The van der Waals surface area contributed by atoms with E-state index < -0.39 is 0 Å². The molecular formula is C51H38N4. The normalized spacial score (nSPS) is 16.4. The van der Waals surface area contributed by atoms with Crippen molar-refractivity contribution in [3.05, 3.63) is 206 Å². The van der Waals surface area contributed by atoms with E-state index in [0.717, 1.165) is 44.5 Å². The molecule has 0 N–H and O–H groups in total. The second-order valence-corrected chi connectivity index (χ2v) is 14.2. The predicted molar refractivity (Wildman–Crippen MR) is 231 cm³/mol. The Labute approximate surface area is 321 Å². The number of hydrogen-bond donors (Lipinski definition) is 0. The minimum absolute atomic E-state index is 0.263. The van der Waals surface area contributed by atoms with Gasteiger partial charge in [-0.1, -0.05) is 134 Å². The molecule has 10 rings (SSSR count). The Balaban J connectivity index is 1.09. The highest BCUT2D eigenvalue weighted by atomic mass is 15.2. The van der Waals surface area contributed by atoms with Crippen LogP contribution in [0, 0.1) is 0 Å². The van der Waals surface area contributed by atoms with E-state index in [2.05, 4.69) is 174 Å². The number of benzene rings is 6. The summed E-state index contributed by atoms with van der Waals surface area (Å²) in [6.45, 7) is 6.06. The van der Waals surface area contributed by atoms with Gasteiger partial charge in [-0.05, 0) is 84.3 Å². The van der Waals surface area contributed by atoms with Crippen LogP contribution in [0.15, 0.2) is 195 Å². The third kappa shape index (κ3) is 5.45. The average molecular weight is 707 g/mol. The molecule has 0 fully saturated rings. The van der Waals surface area contributed by atoms with Crippen LogP contribution < -0.4 is 4.90 Å². The zero-order chi connectivity index (χ0) is 36.9. The van der Waals surface area contributed by atoms with Crippen LogP contribution in [-0.4, -0.2) is 20.6 Å². The number of anilines is 2. The fraction of sp³-hybridized carbons (Fsp3) is 0.0588. The van der Waals surface area contributed by atoms with E-state index in [4.69, 9.17) is 9.97 Å². The molecule has 2 atom stereocenters. The Morgan fingerprint density at radius 2 is 1.38 bits per heavy atom. The van der Waals surface area contributed by atoms with Gasteiger partial charge >= 0.3 is 0 Å². The molecule has 0 radical (unpaired) electrons. The van der Waals surface area contributed by atoms with E-state index >= 15 is 0 Å².